The topological polar surface area (TPSA) is 21.3 Å². The Kier molecular flexibility index (Phi) is 4.58. The highest BCUT2D eigenvalue weighted by Crippen LogP contribution is 2.55. The molecule has 0 heterocycles. The third kappa shape index (κ3) is 2.86. The molecule has 1 aromatic rings. The molecule has 2 aliphatic rings. The summed E-state index contributed by atoms with van der Waals surface area (Å²) in [6.45, 7) is 5.18. The summed E-state index contributed by atoms with van der Waals surface area (Å²) in [5.41, 5.74) is 1.67. The summed E-state index contributed by atoms with van der Waals surface area (Å²) in [5.74, 6) is 0. The molecular formula is C18H26ClNO. The molecule has 1 spiro atoms. The third-order valence-corrected chi connectivity index (χ3v) is 5.72. The van der Waals surface area contributed by atoms with Crippen LogP contribution < -0.4 is 5.32 Å². The average molecular weight is 308 g/mol. The summed E-state index contributed by atoms with van der Waals surface area (Å²) in [4.78, 5) is 0. The van der Waals surface area contributed by atoms with Gasteiger partial charge in [-0.15, -0.1) is 0 Å². The molecule has 1 N–H and O–H groups in total. The fourth-order valence-electron chi connectivity index (χ4n) is 4.29. The molecule has 2 aliphatic carbocycles. The number of rotatable bonds is 5. The molecule has 0 aromatic heterocycles. The molecule has 0 radical (unpaired) electrons. The summed E-state index contributed by atoms with van der Waals surface area (Å²) >= 11 is 6.11. The van der Waals surface area contributed by atoms with Crippen molar-refractivity contribution in [3.8, 4) is 0 Å². The van der Waals surface area contributed by atoms with Gasteiger partial charge in [0.25, 0.3) is 0 Å². The molecule has 3 rings (SSSR count). The van der Waals surface area contributed by atoms with E-state index in [2.05, 4.69) is 31.3 Å². The van der Waals surface area contributed by atoms with Crippen molar-refractivity contribution in [3.05, 3.63) is 34.9 Å². The van der Waals surface area contributed by atoms with E-state index in [0.717, 1.165) is 18.1 Å². The normalized spacial score (nSPS) is 28.5. The van der Waals surface area contributed by atoms with Crippen molar-refractivity contribution in [2.45, 2.75) is 64.1 Å². The molecule has 2 unspecified atom stereocenters. The van der Waals surface area contributed by atoms with Crippen molar-refractivity contribution in [3.63, 3.8) is 0 Å². The summed E-state index contributed by atoms with van der Waals surface area (Å²) in [6.07, 6.45) is 6.96. The second-order valence-electron chi connectivity index (χ2n) is 6.62. The van der Waals surface area contributed by atoms with E-state index in [-0.39, 0.29) is 0 Å². The van der Waals surface area contributed by atoms with Crippen molar-refractivity contribution in [2.75, 3.05) is 6.61 Å². The Hall–Kier alpha value is -0.570. The smallest absolute Gasteiger partial charge is 0.0661 e. The lowest BCUT2D eigenvalue weighted by Gasteiger charge is -2.55. The van der Waals surface area contributed by atoms with Crippen LogP contribution >= 0.6 is 11.6 Å². The van der Waals surface area contributed by atoms with Crippen molar-refractivity contribution in [2.24, 2.45) is 5.41 Å². The Morgan fingerprint density at radius 2 is 2.14 bits per heavy atom. The van der Waals surface area contributed by atoms with Crippen LogP contribution in [-0.2, 0) is 4.74 Å². The predicted octanol–water partition coefficient (Wildman–Crippen LogP) is 4.73. The second kappa shape index (κ2) is 6.28. The molecule has 0 bridgehead atoms. The van der Waals surface area contributed by atoms with E-state index in [9.17, 15) is 0 Å². The maximum Gasteiger partial charge on any atom is 0.0661 e. The van der Waals surface area contributed by atoms with Crippen LogP contribution in [0.5, 0.6) is 0 Å². The van der Waals surface area contributed by atoms with Gasteiger partial charge in [-0.3, -0.25) is 0 Å². The van der Waals surface area contributed by atoms with Gasteiger partial charge in [0.05, 0.1) is 6.10 Å². The highest BCUT2D eigenvalue weighted by atomic mass is 35.5. The molecule has 1 aromatic carbocycles. The highest BCUT2D eigenvalue weighted by Gasteiger charge is 2.56. The molecule has 0 amide bonds. The number of halogens is 1. The van der Waals surface area contributed by atoms with Crippen LogP contribution in [0.2, 0.25) is 5.02 Å². The van der Waals surface area contributed by atoms with Crippen LogP contribution in [0.1, 0.15) is 57.6 Å². The first-order chi connectivity index (χ1) is 10.2. The first-order valence-electron chi connectivity index (χ1n) is 8.29. The van der Waals surface area contributed by atoms with Gasteiger partial charge in [-0.2, -0.15) is 0 Å². The molecule has 0 saturated heterocycles. The van der Waals surface area contributed by atoms with Crippen LogP contribution in [0, 0.1) is 5.41 Å². The lowest BCUT2D eigenvalue weighted by Crippen LogP contribution is -2.63. The Bertz CT molecular complexity index is 484. The van der Waals surface area contributed by atoms with E-state index in [1.54, 1.807) is 0 Å². The lowest BCUT2D eigenvalue weighted by atomic mass is 9.60. The van der Waals surface area contributed by atoms with Crippen LogP contribution in [-0.4, -0.2) is 18.8 Å². The number of hydrogen-bond donors (Lipinski definition) is 1. The van der Waals surface area contributed by atoms with Gasteiger partial charge in [0.2, 0.25) is 0 Å². The van der Waals surface area contributed by atoms with Crippen molar-refractivity contribution < 1.29 is 4.74 Å². The zero-order chi connectivity index (χ0) is 14.9. The average Bonchev–Trinajstić information content (AvgIpc) is 2.98. The number of benzene rings is 1. The minimum Gasteiger partial charge on any atom is -0.378 e. The summed E-state index contributed by atoms with van der Waals surface area (Å²) in [6, 6.07) is 9.12. The summed E-state index contributed by atoms with van der Waals surface area (Å²) in [7, 11) is 0. The van der Waals surface area contributed by atoms with Gasteiger partial charge < -0.3 is 10.1 Å². The molecule has 3 heteroatoms. The Morgan fingerprint density at radius 3 is 2.81 bits per heavy atom. The predicted molar refractivity (Wildman–Crippen MR) is 87.7 cm³/mol. The van der Waals surface area contributed by atoms with Gasteiger partial charge in [-0.25, -0.2) is 0 Å². The van der Waals surface area contributed by atoms with Gasteiger partial charge in [0.1, 0.15) is 0 Å². The fraction of sp³-hybridized carbons (Fsp3) is 0.667. The molecule has 21 heavy (non-hydrogen) atoms. The Morgan fingerprint density at radius 1 is 1.38 bits per heavy atom. The van der Waals surface area contributed by atoms with E-state index < -0.39 is 0 Å². The molecule has 3 atom stereocenters. The van der Waals surface area contributed by atoms with Crippen LogP contribution in [0.15, 0.2) is 24.3 Å². The monoisotopic (exact) mass is 307 g/mol. The first kappa shape index (κ1) is 15.3. The van der Waals surface area contributed by atoms with Crippen molar-refractivity contribution in [1.29, 1.82) is 0 Å². The zero-order valence-electron chi connectivity index (χ0n) is 13.1. The molecule has 0 aliphatic heterocycles. The molecule has 2 nitrogen and oxygen atoms in total. The van der Waals surface area contributed by atoms with Crippen LogP contribution in [0.25, 0.3) is 0 Å². The van der Waals surface area contributed by atoms with E-state index in [0.29, 0.717) is 23.6 Å². The van der Waals surface area contributed by atoms with Gasteiger partial charge in [0.15, 0.2) is 0 Å². The van der Waals surface area contributed by atoms with Crippen LogP contribution in [0.4, 0.5) is 0 Å². The minimum atomic E-state index is 0.341. The summed E-state index contributed by atoms with van der Waals surface area (Å²) < 4.78 is 5.99. The maximum atomic E-state index is 6.11. The van der Waals surface area contributed by atoms with Crippen LogP contribution in [0.3, 0.4) is 0 Å². The van der Waals surface area contributed by atoms with Gasteiger partial charge in [-0.05, 0) is 50.8 Å². The molecular weight excluding hydrogens is 282 g/mol. The SMILES string of the molecule is CCOC1CC(N[C@@H](C)c2cccc(Cl)c2)C12CCCC2. The summed E-state index contributed by atoms with van der Waals surface area (Å²) in [5, 5.41) is 4.66. The fourth-order valence-corrected chi connectivity index (χ4v) is 4.49. The van der Waals surface area contributed by atoms with Gasteiger partial charge >= 0.3 is 0 Å². The molecule has 2 fully saturated rings. The number of hydrogen-bond acceptors (Lipinski definition) is 2. The van der Waals surface area contributed by atoms with Crippen molar-refractivity contribution in [1.82, 2.24) is 5.32 Å². The van der Waals surface area contributed by atoms with E-state index in [1.165, 1.54) is 31.2 Å². The van der Waals surface area contributed by atoms with E-state index >= 15 is 0 Å². The van der Waals surface area contributed by atoms with Crippen molar-refractivity contribution >= 4 is 11.6 Å². The van der Waals surface area contributed by atoms with E-state index in [1.807, 2.05) is 12.1 Å². The maximum absolute atomic E-state index is 6.11. The quantitative estimate of drug-likeness (QED) is 0.849. The van der Waals surface area contributed by atoms with Gasteiger partial charge in [0, 0.05) is 29.1 Å². The zero-order valence-corrected chi connectivity index (χ0v) is 13.8. The third-order valence-electron chi connectivity index (χ3n) is 5.49. The first-order valence-corrected chi connectivity index (χ1v) is 8.66. The largest absolute Gasteiger partial charge is 0.378 e. The van der Waals surface area contributed by atoms with Gasteiger partial charge in [-0.1, -0.05) is 36.6 Å². The second-order valence-corrected chi connectivity index (χ2v) is 7.05. The number of ether oxygens (including phenoxy) is 1. The lowest BCUT2D eigenvalue weighted by molar-refractivity contribution is -0.132. The Balaban J connectivity index is 1.67. The Labute approximate surface area is 133 Å². The molecule has 116 valence electrons. The van der Waals surface area contributed by atoms with E-state index in [4.69, 9.17) is 16.3 Å². The molecule has 2 saturated carbocycles. The highest BCUT2D eigenvalue weighted by molar-refractivity contribution is 6.30. The standard InChI is InChI=1S/C18H26ClNO/c1-3-21-17-12-16(18(17)9-4-5-10-18)20-13(2)14-7-6-8-15(19)11-14/h6-8,11,13,16-17,20H,3-5,9-10,12H2,1-2H3/t13-,16?,17?/m0/s1. The minimum absolute atomic E-state index is 0.341. The number of nitrogens with one attached hydrogen (secondary N) is 1.